The van der Waals surface area contributed by atoms with E-state index in [1.165, 1.54) is 0 Å². The summed E-state index contributed by atoms with van der Waals surface area (Å²) in [5.41, 5.74) is 5.04. The van der Waals surface area contributed by atoms with E-state index in [-0.39, 0.29) is 30.3 Å². The van der Waals surface area contributed by atoms with E-state index in [4.69, 9.17) is 4.42 Å². The molecular formula is C23H25N7O3S. The van der Waals surface area contributed by atoms with Crippen molar-refractivity contribution in [3.05, 3.63) is 41.9 Å². The lowest BCUT2D eigenvalue weighted by molar-refractivity contribution is 0.0442. The molecule has 0 bridgehead atoms. The number of piperidine rings is 1. The number of anilines is 3. The van der Waals surface area contributed by atoms with Gasteiger partial charge in [-0.2, -0.15) is 0 Å². The number of aromatic nitrogens is 4. The Bertz CT molecular complexity index is 1320. The van der Waals surface area contributed by atoms with Crippen LogP contribution in [0.25, 0.3) is 21.7 Å². The smallest absolute Gasteiger partial charge is 0.311 e. The summed E-state index contributed by atoms with van der Waals surface area (Å²) in [6, 6.07) is 7.97. The molecule has 1 aliphatic heterocycles. The van der Waals surface area contributed by atoms with Gasteiger partial charge in [-0.1, -0.05) is 0 Å². The molecule has 1 unspecified atom stereocenters. The van der Waals surface area contributed by atoms with Crippen molar-refractivity contribution in [1.82, 2.24) is 25.1 Å². The molecular weight excluding hydrogens is 454 g/mol. The maximum Gasteiger partial charge on any atom is 0.311 e. The highest BCUT2D eigenvalue weighted by atomic mass is 32.1. The van der Waals surface area contributed by atoms with E-state index in [9.17, 15) is 9.90 Å². The van der Waals surface area contributed by atoms with Gasteiger partial charge in [0.25, 0.3) is 5.89 Å². The van der Waals surface area contributed by atoms with Crippen molar-refractivity contribution in [3.63, 3.8) is 0 Å². The number of pyridine rings is 1. The first-order valence-corrected chi connectivity index (χ1v) is 12.0. The van der Waals surface area contributed by atoms with Gasteiger partial charge in [0.05, 0.1) is 33.1 Å². The summed E-state index contributed by atoms with van der Waals surface area (Å²) >= 11 is 1.58. The first-order chi connectivity index (χ1) is 16.5. The zero-order valence-corrected chi connectivity index (χ0v) is 19.7. The third-order valence-corrected chi connectivity index (χ3v) is 6.27. The predicted molar refractivity (Wildman–Crippen MR) is 130 cm³/mol. The second-order valence-corrected chi connectivity index (χ2v) is 9.42. The maximum atomic E-state index is 12.8. The van der Waals surface area contributed by atoms with Crippen molar-refractivity contribution in [2.75, 3.05) is 23.7 Å². The van der Waals surface area contributed by atoms with E-state index in [1.54, 1.807) is 22.4 Å². The molecule has 0 saturated carbocycles. The molecule has 4 heterocycles. The first kappa shape index (κ1) is 22.2. The molecule has 1 amide bonds. The molecule has 3 N–H and O–H groups in total. The second kappa shape index (κ2) is 9.35. The second-order valence-electron chi connectivity index (χ2n) is 8.53. The lowest BCUT2D eigenvalue weighted by Crippen LogP contribution is -2.42. The summed E-state index contributed by atoms with van der Waals surface area (Å²) in [6.45, 7) is 4.88. The van der Waals surface area contributed by atoms with Crippen LogP contribution in [-0.2, 0) is 0 Å². The number of carbonyl (C=O) groups excluding carboxylic acids is 1. The number of hydrogen-bond acceptors (Lipinski definition) is 10. The summed E-state index contributed by atoms with van der Waals surface area (Å²) in [6.07, 6.45) is 2.55. The number of hydrogen-bond donors (Lipinski definition) is 3. The minimum Gasteiger partial charge on any atom is -0.412 e. The Morgan fingerprint density at radius 2 is 2.15 bits per heavy atom. The van der Waals surface area contributed by atoms with Crippen molar-refractivity contribution < 1.29 is 14.3 Å². The zero-order valence-electron chi connectivity index (χ0n) is 18.9. The van der Waals surface area contributed by atoms with Gasteiger partial charge in [-0.05, 0) is 44.9 Å². The molecule has 0 spiro atoms. The number of nitrogens with zero attached hydrogens (tertiary/aromatic N) is 5. The predicted octanol–water partition coefficient (Wildman–Crippen LogP) is 3.90. The fourth-order valence-electron chi connectivity index (χ4n) is 3.90. The number of amides is 1. The molecule has 4 aromatic rings. The third kappa shape index (κ3) is 4.70. The Morgan fingerprint density at radius 1 is 1.26 bits per heavy atom. The van der Waals surface area contributed by atoms with Crippen LogP contribution in [0.2, 0.25) is 0 Å². The normalized spacial score (nSPS) is 16.2. The van der Waals surface area contributed by atoms with E-state index in [1.807, 2.05) is 43.6 Å². The van der Waals surface area contributed by atoms with Crippen LogP contribution in [0.3, 0.4) is 0 Å². The molecule has 11 heteroatoms. The standard InChI is InChI=1S/C23H25N7O3S/c1-13(2)26-18-9-20(27-14-5-6-17-19(8-14)34-12-25-17)24-10-16(18)21-28-29-22(33-21)23(32)30-7-3-4-15(31)11-30/h5-6,8-10,12-13,15,31H,3-4,7,11H2,1-2H3,(H2,24,26,27). The Morgan fingerprint density at radius 3 is 2.97 bits per heavy atom. The number of aliphatic hydroxyl groups excluding tert-OH is 1. The van der Waals surface area contributed by atoms with Crippen LogP contribution in [-0.4, -0.2) is 61.3 Å². The van der Waals surface area contributed by atoms with Crippen LogP contribution in [0, 0.1) is 0 Å². The van der Waals surface area contributed by atoms with E-state index >= 15 is 0 Å². The number of aliphatic hydroxyl groups is 1. The number of thiazole rings is 1. The molecule has 1 atom stereocenters. The van der Waals surface area contributed by atoms with Gasteiger partial charge in [-0.3, -0.25) is 4.79 Å². The Labute approximate surface area is 200 Å². The summed E-state index contributed by atoms with van der Waals surface area (Å²) in [5, 5.41) is 24.6. The number of fused-ring (bicyclic) bond motifs is 1. The summed E-state index contributed by atoms with van der Waals surface area (Å²) in [5.74, 6) is 0.378. The third-order valence-electron chi connectivity index (χ3n) is 5.47. The highest BCUT2D eigenvalue weighted by Crippen LogP contribution is 2.31. The molecule has 10 nitrogen and oxygen atoms in total. The Kier molecular flexibility index (Phi) is 6.12. The van der Waals surface area contributed by atoms with Gasteiger partial charge >= 0.3 is 11.8 Å². The first-order valence-electron chi connectivity index (χ1n) is 11.1. The molecule has 1 fully saturated rings. The topological polar surface area (TPSA) is 129 Å². The average Bonchev–Trinajstić information content (AvgIpc) is 3.48. The van der Waals surface area contributed by atoms with E-state index in [0.717, 1.165) is 28.0 Å². The van der Waals surface area contributed by atoms with Crippen molar-refractivity contribution in [2.24, 2.45) is 0 Å². The SMILES string of the molecule is CC(C)Nc1cc(Nc2ccc3ncsc3c2)ncc1-c1nnc(C(=O)N2CCCC(O)C2)o1. The summed E-state index contributed by atoms with van der Waals surface area (Å²) < 4.78 is 6.83. The Hall–Kier alpha value is -3.57. The number of likely N-dealkylation sites (tertiary alicyclic amines) is 1. The molecule has 176 valence electrons. The van der Waals surface area contributed by atoms with Crippen molar-refractivity contribution >= 4 is 44.7 Å². The zero-order chi connectivity index (χ0) is 23.7. The van der Waals surface area contributed by atoms with Crippen molar-refractivity contribution in [2.45, 2.75) is 38.8 Å². The number of rotatable bonds is 6. The number of β-amino-alcohol motifs (C(OH)–C–C–N with tert-alkyl or cyclic N) is 1. The van der Waals surface area contributed by atoms with Crippen LogP contribution >= 0.6 is 11.3 Å². The lowest BCUT2D eigenvalue weighted by Gasteiger charge is -2.28. The molecule has 1 aromatic carbocycles. The highest BCUT2D eigenvalue weighted by molar-refractivity contribution is 7.16. The van der Waals surface area contributed by atoms with Crippen molar-refractivity contribution in [3.8, 4) is 11.5 Å². The van der Waals surface area contributed by atoms with Gasteiger partial charge in [0.15, 0.2) is 0 Å². The molecule has 1 aliphatic rings. The molecule has 1 saturated heterocycles. The van der Waals surface area contributed by atoms with Gasteiger partial charge in [0.2, 0.25) is 0 Å². The van der Waals surface area contributed by atoms with E-state index in [2.05, 4.69) is 30.8 Å². The monoisotopic (exact) mass is 479 g/mol. The van der Waals surface area contributed by atoms with Crippen molar-refractivity contribution in [1.29, 1.82) is 0 Å². The molecule has 3 aromatic heterocycles. The van der Waals surface area contributed by atoms with Gasteiger partial charge in [-0.15, -0.1) is 21.5 Å². The number of nitrogens with one attached hydrogen (secondary N) is 2. The van der Waals surface area contributed by atoms with Gasteiger partial charge < -0.3 is 25.1 Å². The maximum absolute atomic E-state index is 12.8. The van der Waals surface area contributed by atoms with E-state index in [0.29, 0.717) is 24.3 Å². The van der Waals surface area contributed by atoms with Crippen LogP contribution < -0.4 is 10.6 Å². The average molecular weight is 480 g/mol. The largest absolute Gasteiger partial charge is 0.412 e. The van der Waals surface area contributed by atoms with E-state index < -0.39 is 6.10 Å². The molecule has 34 heavy (non-hydrogen) atoms. The van der Waals surface area contributed by atoms with Crippen LogP contribution in [0.5, 0.6) is 0 Å². The minimum absolute atomic E-state index is 0.0975. The van der Waals surface area contributed by atoms with Crippen LogP contribution in [0.15, 0.2) is 40.4 Å². The molecule has 0 aliphatic carbocycles. The molecule has 0 radical (unpaired) electrons. The quantitative estimate of drug-likeness (QED) is 0.377. The number of benzene rings is 1. The summed E-state index contributed by atoms with van der Waals surface area (Å²) in [4.78, 5) is 23.1. The van der Waals surface area contributed by atoms with Crippen LogP contribution in [0.4, 0.5) is 17.2 Å². The Balaban J connectivity index is 1.40. The fourth-order valence-corrected chi connectivity index (χ4v) is 4.61. The lowest BCUT2D eigenvalue weighted by atomic mass is 10.1. The number of carbonyl (C=O) groups is 1. The van der Waals surface area contributed by atoms with Gasteiger partial charge in [0.1, 0.15) is 5.82 Å². The fraction of sp³-hybridized carbons (Fsp3) is 0.348. The molecule has 5 rings (SSSR count). The highest BCUT2D eigenvalue weighted by Gasteiger charge is 2.27. The van der Waals surface area contributed by atoms with Crippen LogP contribution in [0.1, 0.15) is 37.4 Å². The summed E-state index contributed by atoms with van der Waals surface area (Å²) in [7, 11) is 0. The van der Waals surface area contributed by atoms with Gasteiger partial charge in [-0.25, -0.2) is 9.97 Å². The van der Waals surface area contributed by atoms with Gasteiger partial charge in [0, 0.05) is 37.1 Å². The minimum atomic E-state index is -0.525.